The number of hydrogen-bond donors (Lipinski definition) is 2. The monoisotopic (exact) mass is 421 g/mol. The van der Waals surface area contributed by atoms with E-state index in [1.54, 1.807) is 4.68 Å². The molecule has 0 aliphatic carbocycles. The van der Waals surface area contributed by atoms with Crippen LogP contribution >= 0.6 is 12.4 Å². The predicted molar refractivity (Wildman–Crippen MR) is 117 cm³/mol. The fourth-order valence-corrected chi connectivity index (χ4v) is 3.39. The molecule has 1 fully saturated rings. The molecule has 0 spiro atoms. The first-order valence-electron chi connectivity index (χ1n) is 10.1. The van der Waals surface area contributed by atoms with Crippen molar-refractivity contribution in [2.45, 2.75) is 51.9 Å². The smallest absolute Gasteiger partial charge is 0.227 e. The molecule has 1 aromatic carbocycles. The van der Waals surface area contributed by atoms with Crippen LogP contribution in [0.4, 0.5) is 5.95 Å². The largest absolute Gasteiger partial charge is 0.493 e. The molecule has 1 saturated heterocycles. The highest BCUT2D eigenvalue weighted by atomic mass is 35.5. The van der Waals surface area contributed by atoms with E-state index in [4.69, 9.17) is 4.74 Å². The van der Waals surface area contributed by atoms with Gasteiger partial charge >= 0.3 is 0 Å². The molecular weight excluding hydrogens is 390 g/mol. The molecular formula is C21H32ClN5O2. The fourth-order valence-electron chi connectivity index (χ4n) is 3.39. The van der Waals surface area contributed by atoms with Crippen molar-refractivity contribution in [2.24, 2.45) is 7.05 Å². The molecule has 8 heteroatoms. The summed E-state index contributed by atoms with van der Waals surface area (Å²) in [6.45, 7) is 6.70. The van der Waals surface area contributed by atoms with Crippen LogP contribution in [0.2, 0.25) is 0 Å². The van der Waals surface area contributed by atoms with Gasteiger partial charge in [0.05, 0.1) is 6.61 Å². The Morgan fingerprint density at radius 2 is 2.03 bits per heavy atom. The molecule has 0 unspecified atom stereocenters. The Balaban J connectivity index is 0.00000300. The minimum Gasteiger partial charge on any atom is -0.493 e. The SMILES string of the molecule is Cc1ccc(C)c(OCCCCC(=O)Nc2nc(C3CCNCC3)nn2C)c1.Cl. The molecule has 0 bridgehead atoms. The lowest BCUT2D eigenvalue weighted by Gasteiger charge is -2.19. The van der Waals surface area contributed by atoms with Crippen molar-refractivity contribution in [2.75, 3.05) is 25.0 Å². The predicted octanol–water partition coefficient (Wildman–Crippen LogP) is 3.51. The number of nitrogens with zero attached hydrogens (tertiary/aromatic N) is 3. The van der Waals surface area contributed by atoms with Crippen molar-refractivity contribution in [3.8, 4) is 5.75 Å². The second kappa shape index (κ2) is 11.2. The average Bonchev–Trinajstić information content (AvgIpc) is 3.05. The third kappa shape index (κ3) is 6.72. The first-order chi connectivity index (χ1) is 13.5. The zero-order chi connectivity index (χ0) is 19.9. The van der Waals surface area contributed by atoms with Gasteiger partial charge < -0.3 is 10.1 Å². The number of anilines is 1. The van der Waals surface area contributed by atoms with E-state index in [1.165, 1.54) is 5.56 Å². The zero-order valence-electron chi connectivity index (χ0n) is 17.5. The number of carbonyl (C=O) groups is 1. The molecule has 0 radical (unpaired) electrons. The summed E-state index contributed by atoms with van der Waals surface area (Å²) in [5, 5.41) is 10.7. The highest BCUT2D eigenvalue weighted by Gasteiger charge is 2.21. The number of piperidine rings is 1. The second-order valence-electron chi connectivity index (χ2n) is 7.56. The lowest BCUT2D eigenvalue weighted by Crippen LogP contribution is -2.27. The quantitative estimate of drug-likeness (QED) is 0.637. The van der Waals surface area contributed by atoms with Crippen LogP contribution in [0.5, 0.6) is 5.75 Å². The van der Waals surface area contributed by atoms with Crippen molar-refractivity contribution >= 4 is 24.3 Å². The Morgan fingerprint density at radius 1 is 1.28 bits per heavy atom. The molecule has 2 aromatic rings. The van der Waals surface area contributed by atoms with E-state index in [0.29, 0.717) is 24.9 Å². The number of rotatable bonds is 8. The van der Waals surface area contributed by atoms with Gasteiger partial charge in [-0.3, -0.25) is 10.1 Å². The molecule has 2 heterocycles. The van der Waals surface area contributed by atoms with E-state index in [2.05, 4.69) is 45.8 Å². The number of amides is 1. The van der Waals surface area contributed by atoms with Gasteiger partial charge in [-0.1, -0.05) is 12.1 Å². The van der Waals surface area contributed by atoms with Gasteiger partial charge in [0.1, 0.15) is 5.75 Å². The number of aromatic nitrogens is 3. The summed E-state index contributed by atoms with van der Waals surface area (Å²) in [5.41, 5.74) is 2.32. The van der Waals surface area contributed by atoms with Gasteiger partial charge in [-0.15, -0.1) is 12.4 Å². The van der Waals surface area contributed by atoms with E-state index in [9.17, 15) is 4.79 Å². The van der Waals surface area contributed by atoms with Crippen LogP contribution in [0, 0.1) is 13.8 Å². The Bertz CT molecular complexity index is 802. The van der Waals surface area contributed by atoms with E-state index in [0.717, 1.165) is 55.9 Å². The molecule has 1 aliphatic heterocycles. The summed E-state index contributed by atoms with van der Waals surface area (Å²) >= 11 is 0. The van der Waals surface area contributed by atoms with Gasteiger partial charge in [-0.2, -0.15) is 10.1 Å². The van der Waals surface area contributed by atoms with Gasteiger partial charge in [0.25, 0.3) is 0 Å². The lowest BCUT2D eigenvalue weighted by molar-refractivity contribution is -0.116. The molecule has 0 saturated carbocycles. The number of halogens is 1. The molecule has 1 aliphatic rings. The standard InChI is InChI=1S/C21H31N5O2.ClH/c1-15-7-8-16(2)18(14-15)28-13-5-4-6-19(27)23-21-24-20(25-26(21)3)17-9-11-22-12-10-17;/h7-8,14,17,22H,4-6,9-13H2,1-3H3,(H,23,24,25,27);1H. The topological polar surface area (TPSA) is 81.1 Å². The van der Waals surface area contributed by atoms with Gasteiger partial charge in [0.15, 0.2) is 5.82 Å². The number of carbonyl (C=O) groups excluding carboxylic acids is 1. The van der Waals surface area contributed by atoms with E-state index in [1.807, 2.05) is 14.0 Å². The summed E-state index contributed by atoms with van der Waals surface area (Å²) in [6, 6.07) is 6.20. The number of benzene rings is 1. The maximum absolute atomic E-state index is 12.2. The number of hydrogen-bond acceptors (Lipinski definition) is 5. The van der Waals surface area contributed by atoms with Gasteiger partial charge in [0.2, 0.25) is 11.9 Å². The number of aryl methyl sites for hydroxylation is 3. The molecule has 3 rings (SSSR count). The third-order valence-electron chi connectivity index (χ3n) is 5.13. The maximum Gasteiger partial charge on any atom is 0.227 e. The van der Waals surface area contributed by atoms with Crippen LogP contribution in [0.3, 0.4) is 0 Å². The molecule has 0 atom stereocenters. The van der Waals surface area contributed by atoms with Crippen LogP contribution in [0.1, 0.15) is 55.0 Å². The van der Waals surface area contributed by atoms with Crippen molar-refractivity contribution in [3.63, 3.8) is 0 Å². The van der Waals surface area contributed by atoms with E-state index in [-0.39, 0.29) is 18.3 Å². The normalized spacial score (nSPS) is 14.3. The van der Waals surface area contributed by atoms with Crippen LogP contribution in [0.25, 0.3) is 0 Å². The average molecular weight is 422 g/mol. The van der Waals surface area contributed by atoms with Gasteiger partial charge in [0, 0.05) is 19.4 Å². The van der Waals surface area contributed by atoms with Crippen LogP contribution in [-0.2, 0) is 11.8 Å². The summed E-state index contributed by atoms with van der Waals surface area (Å²) in [4.78, 5) is 16.8. The van der Waals surface area contributed by atoms with Crippen LogP contribution in [-0.4, -0.2) is 40.4 Å². The van der Waals surface area contributed by atoms with E-state index >= 15 is 0 Å². The van der Waals surface area contributed by atoms with Gasteiger partial charge in [-0.25, -0.2) is 4.68 Å². The molecule has 160 valence electrons. The van der Waals surface area contributed by atoms with Crippen LogP contribution in [0.15, 0.2) is 18.2 Å². The highest BCUT2D eigenvalue weighted by Crippen LogP contribution is 2.23. The molecule has 1 aromatic heterocycles. The fraction of sp³-hybridized carbons (Fsp3) is 0.571. The Kier molecular flexibility index (Phi) is 8.92. The summed E-state index contributed by atoms with van der Waals surface area (Å²) in [5.74, 6) is 2.64. The van der Waals surface area contributed by atoms with Crippen molar-refractivity contribution < 1.29 is 9.53 Å². The van der Waals surface area contributed by atoms with Crippen molar-refractivity contribution in [1.29, 1.82) is 0 Å². The Labute approximate surface area is 179 Å². The number of ether oxygens (including phenoxy) is 1. The number of nitrogens with one attached hydrogen (secondary N) is 2. The Hall–Kier alpha value is -2.12. The first-order valence-corrected chi connectivity index (χ1v) is 10.1. The van der Waals surface area contributed by atoms with Crippen molar-refractivity contribution in [1.82, 2.24) is 20.1 Å². The maximum atomic E-state index is 12.2. The van der Waals surface area contributed by atoms with Crippen molar-refractivity contribution in [3.05, 3.63) is 35.2 Å². The summed E-state index contributed by atoms with van der Waals surface area (Å²) in [6.07, 6.45) is 4.14. The molecule has 1 amide bonds. The molecule has 2 N–H and O–H groups in total. The first kappa shape index (κ1) is 23.2. The molecule has 7 nitrogen and oxygen atoms in total. The van der Waals surface area contributed by atoms with E-state index < -0.39 is 0 Å². The zero-order valence-corrected chi connectivity index (χ0v) is 18.3. The van der Waals surface area contributed by atoms with Crippen LogP contribution < -0.4 is 15.4 Å². The molecule has 29 heavy (non-hydrogen) atoms. The minimum atomic E-state index is -0.0286. The summed E-state index contributed by atoms with van der Waals surface area (Å²) in [7, 11) is 1.82. The minimum absolute atomic E-state index is 0. The van der Waals surface area contributed by atoms with Gasteiger partial charge in [-0.05, 0) is 69.8 Å². The summed E-state index contributed by atoms with van der Waals surface area (Å²) < 4.78 is 7.51. The Morgan fingerprint density at radius 3 is 2.79 bits per heavy atom. The number of unbranched alkanes of at least 4 members (excludes halogenated alkanes) is 1. The third-order valence-corrected chi connectivity index (χ3v) is 5.13. The second-order valence-corrected chi connectivity index (χ2v) is 7.56. The highest BCUT2D eigenvalue weighted by molar-refractivity contribution is 5.88. The lowest BCUT2D eigenvalue weighted by atomic mass is 9.98.